The van der Waals surface area contributed by atoms with Gasteiger partial charge in [-0.05, 0) is 13.0 Å². The van der Waals surface area contributed by atoms with E-state index < -0.39 is 21.9 Å². The van der Waals surface area contributed by atoms with E-state index in [9.17, 15) is 17.9 Å². The zero-order chi connectivity index (χ0) is 21.6. The number of hydrogen-bond donors (Lipinski definition) is 2. The van der Waals surface area contributed by atoms with Crippen molar-refractivity contribution in [1.29, 1.82) is 0 Å². The zero-order valence-electron chi connectivity index (χ0n) is 16.7. The van der Waals surface area contributed by atoms with Gasteiger partial charge in [0.25, 0.3) is 0 Å². The van der Waals surface area contributed by atoms with Crippen molar-refractivity contribution in [3.05, 3.63) is 53.7 Å². The van der Waals surface area contributed by atoms with Crippen LogP contribution in [0, 0.1) is 5.82 Å². The Morgan fingerprint density at radius 1 is 1.30 bits per heavy atom. The second-order valence-electron chi connectivity index (χ2n) is 6.87. The number of rotatable bonds is 7. The average molecular weight is 440 g/mol. The SMILES string of the molecule is CCNC(=NCC(O)c1ccccc1F)N1CCN(S(=O)(=O)Cc2ccon2)CC1. The smallest absolute Gasteiger partial charge is 0.220 e. The topological polar surface area (TPSA) is 111 Å². The molecule has 1 atom stereocenters. The molecule has 2 heterocycles. The predicted octanol–water partition coefficient (Wildman–Crippen LogP) is 0.960. The largest absolute Gasteiger partial charge is 0.386 e. The molecule has 1 aliphatic heterocycles. The number of aromatic nitrogens is 1. The summed E-state index contributed by atoms with van der Waals surface area (Å²) in [5.41, 5.74) is 0.565. The second-order valence-corrected chi connectivity index (χ2v) is 8.83. The highest BCUT2D eigenvalue weighted by atomic mass is 32.2. The van der Waals surface area contributed by atoms with Gasteiger partial charge in [0.15, 0.2) is 5.96 Å². The van der Waals surface area contributed by atoms with Crippen LogP contribution >= 0.6 is 0 Å². The molecule has 0 aliphatic carbocycles. The van der Waals surface area contributed by atoms with Gasteiger partial charge in [0.05, 0.1) is 12.2 Å². The van der Waals surface area contributed by atoms with Crippen LogP contribution in [0.15, 0.2) is 46.1 Å². The van der Waals surface area contributed by atoms with E-state index in [0.717, 1.165) is 0 Å². The maximum Gasteiger partial charge on any atom is 0.220 e. The van der Waals surface area contributed by atoms with Gasteiger partial charge < -0.3 is 19.8 Å². The summed E-state index contributed by atoms with van der Waals surface area (Å²) >= 11 is 0. The van der Waals surface area contributed by atoms with Crippen molar-refractivity contribution in [3.8, 4) is 0 Å². The third kappa shape index (κ3) is 5.55. The number of piperazine rings is 1. The Balaban J connectivity index is 1.61. The normalized spacial score (nSPS) is 17.2. The van der Waals surface area contributed by atoms with E-state index in [1.165, 1.54) is 28.8 Å². The molecule has 1 aromatic heterocycles. The van der Waals surface area contributed by atoms with Crippen molar-refractivity contribution in [1.82, 2.24) is 19.7 Å². The second kappa shape index (κ2) is 10.0. The van der Waals surface area contributed by atoms with Gasteiger partial charge in [-0.2, -0.15) is 4.31 Å². The van der Waals surface area contributed by atoms with Crippen LogP contribution in [0.3, 0.4) is 0 Å². The molecule has 1 fully saturated rings. The molecular weight excluding hydrogens is 413 g/mol. The van der Waals surface area contributed by atoms with Gasteiger partial charge in [0.2, 0.25) is 10.0 Å². The number of benzene rings is 1. The third-order valence-electron chi connectivity index (χ3n) is 4.77. The lowest BCUT2D eigenvalue weighted by Gasteiger charge is -2.35. The van der Waals surface area contributed by atoms with Gasteiger partial charge in [-0.25, -0.2) is 12.8 Å². The van der Waals surface area contributed by atoms with Gasteiger partial charge in [-0.15, -0.1) is 0 Å². The Morgan fingerprint density at radius 2 is 2.03 bits per heavy atom. The zero-order valence-corrected chi connectivity index (χ0v) is 17.6. The minimum absolute atomic E-state index is 0.00601. The molecule has 0 radical (unpaired) electrons. The van der Waals surface area contributed by atoms with Crippen LogP contribution in [-0.2, 0) is 15.8 Å². The first kappa shape index (κ1) is 22.2. The molecular formula is C19H26FN5O4S. The van der Waals surface area contributed by atoms with Crippen molar-refractivity contribution in [2.75, 3.05) is 39.3 Å². The molecule has 0 saturated carbocycles. The highest BCUT2D eigenvalue weighted by molar-refractivity contribution is 7.88. The standard InChI is InChI=1S/C19H26FN5O4S/c1-2-21-19(22-13-18(26)16-5-3-4-6-17(16)20)24-8-10-25(11-9-24)30(27,28)14-15-7-12-29-23-15/h3-7,12,18,26H,2,8-11,13-14H2,1H3,(H,21,22). The Labute approximate surface area is 175 Å². The fourth-order valence-electron chi connectivity index (χ4n) is 3.21. The Hall–Kier alpha value is -2.50. The van der Waals surface area contributed by atoms with Crippen LogP contribution in [0.25, 0.3) is 0 Å². The quantitative estimate of drug-likeness (QED) is 0.488. The Kier molecular flexibility index (Phi) is 7.40. The number of hydrogen-bond acceptors (Lipinski definition) is 6. The molecule has 0 amide bonds. The third-order valence-corrected chi connectivity index (χ3v) is 6.58. The fourth-order valence-corrected chi connectivity index (χ4v) is 4.64. The summed E-state index contributed by atoms with van der Waals surface area (Å²) in [5.74, 6) is -0.121. The Morgan fingerprint density at radius 3 is 2.67 bits per heavy atom. The summed E-state index contributed by atoms with van der Waals surface area (Å²) in [4.78, 5) is 6.36. The first-order chi connectivity index (χ1) is 14.4. The lowest BCUT2D eigenvalue weighted by Crippen LogP contribution is -2.54. The van der Waals surface area contributed by atoms with E-state index in [4.69, 9.17) is 4.52 Å². The summed E-state index contributed by atoms with van der Waals surface area (Å²) < 4.78 is 45.1. The molecule has 2 N–H and O–H groups in total. The van der Waals surface area contributed by atoms with Crippen molar-refractivity contribution in [2.24, 2.45) is 4.99 Å². The molecule has 164 valence electrons. The summed E-state index contributed by atoms with van der Waals surface area (Å²) in [6.07, 6.45) is 0.279. The average Bonchev–Trinajstić information content (AvgIpc) is 3.23. The predicted molar refractivity (Wildman–Crippen MR) is 110 cm³/mol. The maximum absolute atomic E-state index is 13.9. The van der Waals surface area contributed by atoms with E-state index >= 15 is 0 Å². The van der Waals surface area contributed by atoms with Crippen LogP contribution in [0.4, 0.5) is 4.39 Å². The fraction of sp³-hybridized carbons (Fsp3) is 0.474. The first-order valence-electron chi connectivity index (χ1n) is 9.73. The number of aliphatic hydroxyl groups is 1. The lowest BCUT2D eigenvalue weighted by molar-refractivity contribution is 0.181. The lowest BCUT2D eigenvalue weighted by atomic mass is 10.1. The molecule has 1 unspecified atom stereocenters. The number of aliphatic imine (C=N–C) groups is 1. The molecule has 0 spiro atoms. The minimum Gasteiger partial charge on any atom is -0.386 e. The van der Waals surface area contributed by atoms with Crippen molar-refractivity contribution >= 4 is 16.0 Å². The molecule has 30 heavy (non-hydrogen) atoms. The summed E-state index contributed by atoms with van der Waals surface area (Å²) in [5, 5.41) is 17.1. The maximum atomic E-state index is 13.9. The summed E-state index contributed by atoms with van der Waals surface area (Å²) in [6.45, 7) is 4.02. The monoisotopic (exact) mass is 439 g/mol. The highest BCUT2D eigenvalue weighted by Crippen LogP contribution is 2.17. The minimum atomic E-state index is -3.49. The number of aliphatic hydroxyl groups excluding tert-OH is 1. The number of nitrogens with zero attached hydrogens (tertiary/aromatic N) is 4. The number of sulfonamides is 1. The summed E-state index contributed by atoms with van der Waals surface area (Å²) in [7, 11) is -3.49. The van der Waals surface area contributed by atoms with Gasteiger partial charge >= 0.3 is 0 Å². The van der Waals surface area contributed by atoms with Gasteiger partial charge in [-0.1, -0.05) is 23.4 Å². The molecule has 1 saturated heterocycles. The number of nitrogens with one attached hydrogen (secondary N) is 1. The van der Waals surface area contributed by atoms with Crippen molar-refractivity contribution < 1.29 is 22.4 Å². The van der Waals surface area contributed by atoms with Crippen LogP contribution < -0.4 is 5.32 Å². The number of halogens is 1. The first-order valence-corrected chi connectivity index (χ1v) is 11.3. The van der Waals surface area contributed by atoms with Gasteiger partial charge in [0, 0.05) is 44.4 Å². The van der Waals surface area contributed by atoms with E-state index in [1.807, 2.05) is 11.8 Å². The van der Waals surface area contributed by atoms with E-state index in [1.54, 1.807) is 12.1 Å². The number of guanidine groups is 1. The van der Waals surface area contributed by atoms with Crippen LogP contribution in [0.2, 0.25) is 0 Å². The van der Waals surface area contributed by atoms with E-state index in [-0.39, 0.29) is 17.9 Å². The highest BCUT2D eigenvalue weighted by Gasteiger charge is 2.29. The van der Waals surface area contributed by atoms with Gasteiger partial charge in [-0.3, -0.25) is 4.99 Å². The van der Waals surface area contributed by atoms with Crippen LogP contribution in [0.1, 0.15) is 24.3 Å². The van der Waals surface area contributed by atoms with E-state index in [2.05, 4.69) is 15.5 Å². The van der Waals surface area contributed by atoms with Crippen LogP contribution in [-0.4, -0.2) is 73.1 Å². The molecule has 0 bridgehead atoms. The summed E-state index contributed by atoms with van der Waals surface area (Å²) in [6, 6.07) is 7.59. The Bertz CT molecular complexity index is 944. The molecule has 1 aromatic carbocycles. The molecule has 1 aliphatic rings. The molecule has 9 nitrogen and oxygen atoms in total. The van der Waals surface area contributed by atoms with Crippen molar-refractivity contribution in [2.45, 2.75) is 18.8 Å². The van der Waals surface area contributed by atoms with E-state index in [0.29, 0.717) is 44.4 Å². The van der Waals surface area contributed by atoms with Crippen LogP contribution in [0.5, 0.6) is 0 Å². The molecule has 11 heteroatoms. The van der Waals surface area contributed by atoms with Gasteiger partial charge in [0.1, 0.15) is 23.9 Å². The van der Waals surface area contributed by atoms with Crippen molar-refractivity contribution in [3.63, 3.8) is 0 Å². The molecule has 2 aromatic rings. The molecule has 3 rings (SSSR count).